The van der Waals surface area contributed by atoms with Crippen LogP contribution in [0.25, 0.3) is 0 Å². The molecule has 0 N–H and O–H groups in total. The fraction of sp³-hybridized carbons (Fsp3) is 0.286. The van der Waals surface area contributed by atoms with Gasteiger partial charge in [0.05, 0.1) is 0 Å². The van der Waals surface area contributed by atoms with Crippen molar-refractivity contribution in [1.82, 2.24) is 0 Å². The van der Waals surface area contributed by atoms with Crippen LogP contribution >= 0.6 is 0 Å². The van der Waals surface area contributed by atoms with Crippen molar-refractivity contribution in [1.29, 1.82) is 0 Å². The van der Waals surface area contributed by atoms with Crippen LogP contribution < -0.4 is 0 Å². The Labute approximate surface area is 252 Å². The van der Waals surface area contributed by atoms with Gasteiger partial charge in [0.15, 0.2) is 0 Å². The Bertz CT molecular complexity index is 814. The Morgan fingerprint density at radius 3 is 1.54 bits per heavy atom. The molecule has 0 nitrogen and oxygen atoms in total. The van der Waals surface area contributed by atoms with E-state index in [1.54, 1.807) is 5.56 Å². The summed E-state index contributed by atoms with van der Waals surface area (Å²) in [6.45, 7) is 9.57. The van der Waals surface area contributed by atoms with Gasteiger partial charge in [0, 0.05) is 23.7 Å². The van der Waals surface area contributed by atoms with Crippen LogP contribution in [0.3, 0.4) is 0 Å². The van der Waals surface area contributed by atoms with Crippen molar-refractivity contribution >= 4 is 14.1 Å². The molecule has 0 heterocycles. The van der Waals surface area contributed by atoms with Gasteiger partial charge < -0.3 is 0 Å². The minimum absolute atomic E-state index is 0. The molecule has 0 aromatic heterocycles. The van der Waals surface area contributed by atoms with Gasteiger partial charge in [-0.2, -0.15) is 23.6 Å². The van der Waals surface area contributed by atoms with Gasteiger partial charge in [-0.3, -0.25) is 0 Å². The second-order valence-electron chi connectivity index (χ2n) is 11.1. The molecule has 0 amide bonds. The van der Waals surface area contributed by atoms with Gasteiger partial charge in [0.1, 0.15) is 0 Å². The Hall–Kier alpha value is -0.534. The van der Waals surface area contributed by atoms with Crippen LogP contribution in [-0.4, -0.2) is 14.1 Å². The first-order chi connectivity index (χ1) is 17.5. The van der Waals surface area contributed by atoms with Gasteiger partial charge >= 0.3 is 26.2 Å². The van der Waals surface area contributed by atoms with E-state index in [2.05, 4.69) is 146 Å². The first-order valence-corrected chi connectivity index (χ1v) is 15.9. The molecule has 5 aliphatic carbocycles. The molecular formula is C35H40AlZr+2. The first kappa shape index (κ1) is 31.0. The molecule has 1 aromatic carbocycles. The molecule has 2 saturated carbocycles. The second kappa shape index (κ2) is 15.9. The molecule has 37 heavy (non-hydrogen) atoms. The fourth-order valence-electron chi connectivity index (χ4n) is 5.53. The van der Waals surface area contributed by atoms with Crippen molar-refractivity contribution in [2.24, 2.45) is 11.8 Å². The number of rotatable bonds is 5. The minimum Gasteiger partial charge on any atom is -0.194 e. The molecule has 11 radical (unpaired) electrons. The topological polar surface area (TPSA) is 0 Å². The zero-order valence-electron chi connectivity index (χ0n) is 22.9. The number of hydrogen-bond acceptors (Lipinski definition) is 0. The molecule has 1 unspecified atom stereocenters. The normalized spacial score (nSPS) is 21.9. The van der Waals surface area contributed by atoms with Crippen LogP contribution in [0.15, 0.2) is 72.9 Å². The van der Waals surface area contributed by atoms with Crippen molar-refractivity contribution in [3.05, 3.63) is 153 Å². The molecule has 0 bridgehead atoms. The summed E-state index contributed by atoms with van der Waals surface area (Å²) in [4.78, 5) is 0. The van der Waals surface area contributed by atoms with Gasteiger partial charge in [-0.15, -0.1) is 16.9 Å². The smallest absolute Gasteiger partial charge is 0.194 e. The molecule has 185 valence electrons. The van der Waals surface area contributed by atoms with Crippen molar-refractivity contribution in [2.45, 2.75) is 49.5 Å². The largest absolute Gasteiger partial charge is 3.00 e. The van der Waals surface area contributed by atoms with Crippen LogP contribution in [0, 0.1) is 80.5 Å². The van der Waals surface area contributed by atoms with Crippen LogP contribution in [0.5, 0.6) is 0 Å². The zero-order chi connectivity index (χ0) is 25.3. The third-order valence-corrected chi connectivity index (χ3v) is 11.9. The van der Waals surface area contributed by atoms with E-state index >= 15 is 0 Å². The van der Waals surface area contributed by atoms with Gasteiger partial charge in [-0.25, -0.2) is 0 Å². The van der Waals surface area contributed by atoms with Gasteiger partial charge in [0.2, 0.25) is 0 Å². The van der Waals surface area contributed by atoms with E-state index in [0.29, 0.717) is 0 Å². The summed E-state index contributed by atoms with van der Waals surface area (Å²) < 4.78 is 0.909. The summed E-state index contributed by atoms with van der Waals surface area (Å²) in [5.41, 5.74) is 3.11. The Morgan fingerprint density at radius 1 is 0.703 bits per heavy atom. The van der Waals surface area contributed by atoms with E-state index in [4.69, 9.17) is 0 Å². The third kappa shape index (κ3) is 9.56. The summed E-state index contributed by atoms with van der Waals surface area (Å²) in [6.07, 6.45) is 33.3. The van der Waals surface area contributed by atoms with Crippen LogP contribution in [-0.2, 0) is 32.6 Å². The molecule has 5 aliphatic rings. The molecule has 1 aromatic rings. The van der Waals surface area contributed by atoms with Crippen LogP contribution in [0.2, 0.25) is 15.3 Å². The maximum Gasteiger partial charge on any atom is 3.00 e. The molecule has 0 saturated heterocycles. The van der Waals surface area contributed by atoms with E-state index in [0.717, 1.165) is 16.6 Å². The standard InChI is InChI=1S/C9H8.2C9H7.2C4H9.Al.Zr/c3*1-2-5-9-7-3-6-8(9)4-1;2*1-4(2)3;;/h1-6H,7H2;2*1-7H;2*4H,1H2,2-3H3;;/q-1;;;;;;+3. The summed E-state index contributed by atoms with van der Waals surface area (Å²) in [5.74, 6) is 7.07. The van der Waals surface area contributed by atoms with Crippen molar-refractivity contribution < 1.29 is 26.2 Å². The molecule has 1 atom stereocenters. The number of fused-ring (bicyclic) bond motifs is 3. The predicted octanol–water partition coefficient (Wildman–Crippen LogP) is 8.75. The van der Waals surface area contributed by atoms with E-state index in [9.17, 15) is 0 Å². The Morgan fingerprint density at radius 2 is 1.14 bits per heavy atom. The Kier molecular flexibility index (Phi) is 13.3. The first-order valence-electron chi connectivity index (χ1n) is 13.6. The molecule has 0 aliphatic heterocycles. The van der Waals surface area contributed by atoms with Gasteiger partial charge in [-0.1, -0.05) is 111 Å². The van der Waals surface area contributed by atoms with Crippen LogP contribution in [0.4, 0.5) is 0 Å². The summed E-state index contributed by atoms with van der Waals surface area (Å²) >= 11 is -0.644. The predicted molar refractivity (Wildman–Crippen MR) is 158 cm³/mol. The average Bonchev–Trinajstić information content (AvgIpc) is 3.63. The van der Waals surface area contributed by atoms with Crippen molar-refractivity contribution in [2.75, 3.05) is 0 Å². The SMILES string of the molecule is CC(C)[CH2][Al]([CH2]C(C)C)[CH]1[CH-]c2ccccc2C1.[CH]1[CH][C]2C=CC=C[C]2[CH]1.[CH]1[CH][C]2C=CC=C[C]2[CH]1.[Zr+3]. The minimum atomic E-state index is -0.644. The molecule has 6 rings (SSSR count). The maximum atomic E-state index is 2.59. The van der Waals surface area contributed by atoms with Gasteiger partial charge in [-0.05, 0) is 38.5 Å². The van der Waals surface area contributed by atoms with Gasteiger partial charge in [0.25, 0.3) is 14.1 Å². The summed E-state index contributed by atoms with van der Waals surface area (Å²) in [6, 6.07) is 8.99. The van der Waals surface area contributed by atoms with Crippen molar-refractivity contribution in [3.8, 4) is 0 Å². The summed E-state index contributed by atoms with van der Waals surface area (Å²) in [7, 11) is 0. The van der Waals surface area contributed by atoms with E-state index in [1.165, 1.54) is 46.2 Å². The molecular weight excluding hydrogens is 539 g/mol. The van der Waals surface area contributed by atoms with E-state index < -0.39 is 14.1 Å². The number of benzene rings is 1. The number of allylic oxidation sites excluding steroid dienone is 8. The zero-order valence-corrected chi connectivity index (χ0v) is 26.5. The third-order valence-electron chi connectivity index (χ3n) is 7.15. The summed E-state index contributed by atoms with van der Waals surface area (Å²) in [5, 5.41) is 3.01. The van der Waals surface area contributed by atoms with Crippen LogP contribution in [0.1, 0.15) is 38.8 Å². The molecule has 2 fully saturated rings. The molecule has 2 heteroatoms. The average molecular weight is 579 g/mol. The number of hydrogen-bond donors (Lipinski definition) is 0. The molecule has 0 spiro atoms. The monoisotopic (exact) mass is 577 g/mol. The second-order valence-corrected chi connectivity index (χ2v) is 14.4. The maximum absolute atomic E-state index is 2.59. The quantitative estimate of drug-likeness (QED) is 0.242. The van der Waals surface area contributed by atoms with E-state index in [-0.39, 0.29) is 26.2 Å². The van der Waals surface area contributed by atoms with Crippen molar-refractivity contribution in [3.63, 3.8) is 0 Å². The Balaban J connectivity index is 0.000000167. The van der Waals surface area contributed by atoms with E-state index in [1.807, 2.05) is 0 Å². The fourth-order valence-corrected chi connectivity index (χ4v) is 9.91.